The first kappa shape index (κ1) is 16.1. The Morgan fingerprint density at radius 2 is 1.92 bits per heavy atom. The Balaban J connectivity index is 1.34. The van der Waals surface area contributed by atoms with Crippen molar-refractivity contribution in [3.63, 3.8) is 0 Å². The van der Waals surface area contributed by atoms with Crippen molar-refractivity contribution in [1.82, 2.24) is 19.7 Å². The van der Waals surface area contributed by atoms with E-state index in [2.05, 4.69) is 14.8 Å². The maximum atomic E-state index is 12.7. The molecule has 0 saturated carbocycles. The maximum absolute atomic E-state index is 12.7. The van der Waals surface area contributed by atoms with Crippen LogP contribution in [0.5, 0.6) is 5.75 Å². The van der Waals surface area contributed by atoms with E-state index in [0.29, 0.717) is 5.92 Å². The minimum atomic E-state index is -0.462. The molecule has 0 aliphatic carbocycles. The van der Waals surface area contributed by atoms with Crippen LogP contribution in [-0.2, 0) is 17.8 Å². The molecule has 4 rings (SSSR count). The first-order chi connectivity index (χ1) is 12.2. The summed E-state index contributed by atoms with van der Waals surface area (Å²) in [6.07, 6.45) is 3.64. The summed E-state index contributed by atoms with van der Waals surface area (Å²) in [4.78, 5) is 14.6. The van der Waals surface area contributed by atoms with Crippen LogP contribution in [-0.4, -0.2) is 44.8 Å². The summed E-state index contributed by atoms with van der Waals surface area (Å²) >= 11 is 0. The lowest BCUT2D eigenvalue weighted by molar-refractivity contribution is -0.139. The predicted octanol–water partition coefficient (Wildman–Crippen LogP) is 2.40. The Labute approximate surface area is 147 Å². The highest BCUT2D eigenvalue weighted by molar-refractivity contribution is 5.81. The molecule has 0 bridgehead atoms. The third-order valence-electron chi connectivity index (χ3n) is 5.21. The van der Waals surface area contributed by atoms with Gasteiger partial charge in [-0.2, -0.15) is 0 Å². The van der Waals surface area contributed by atoms with E-state index in [1.807, 2.05) is 42.2 Å². The Kier molecular flexibility index (Phi) is 4.42. The number of amides is 1. The van der Waals surface area contributed by atoms with Crippen molar-refractivity contribution >= 4 is 5.91 Å². The van der Waals surface area contributed by atoms with Gasteiger partial charge in [0.15, 0.2) is 6.10 Å². The van der Waals surface area contributed by atoms with Crippen LogP contribution in [0.25, 0.3) is 0 Å². The molecule has 3 heterocycles. The molecule has 1 atom stereocenters. The van der Waals surface area contributed by atoms with E-state index in [9.17, 15) is 4.79 Å². The number of likely N-dealkylation sites (tertiary alicyclic amines) is 1. The molecule has 25 heavy (non-hydrogen) atoms. The molecule has 2 aliphatic heterocycles. The number of benzene rings is 1. The van der Waals surface area contributed by atoms with Gasteiger partial charge in [-0.25, -0.2) is 0 Å². The van der Waals surface area contributed by atoms with Crippen LogP contribution in [0.4, 0.5) is 0 Å². The fraction of sp³-hybridized carbons (Fsp3) is 0.526. The number of ether oxygens (including phenoxy) is 1. The number of hydrogen-bond donors (Lipinski definition) is 0. The van der Waals surface area contributed by atoms with Gasteiger partial charge in [-0.15, -0.1) is 10.2 Å². The zero-order valence-electron chi connectivity index (χ0n) is 14.6. The van der Waals surface area contributed by atoms with E-state index < -0.39 is 6.10 Å². The van der Waals surface area contributed by atoms with E-state index >= 15 is 0 Å². The number of carbonyl (C=O) groups excluding carboxylic acids is 1. The van der Waals surface area contributed by atoms with Gasteiger partial charge in [-0.1, -0.05) is 18.2 Å². The maximum Gasteiger partial charge on any atom is 0.263 e. The molecular weight excluding hydrogens is 316 g/mol. The zero-order chi connectivity index (χ0) is 17.2. The van der Waals surface area contributed by atoms with Gasteiger partial charge < -0.3 is 14.2 Å². The molecule has 1 fully saturated rings. The van der Waals surface area contributed by atoms with Crippen molar-refractivity contribution in [2.24, 2.45) is 0 Å². The van der Waals surface area contributed by atoms with Crippen LogP contribution in [0.3, 0.4) is 0 Å². The fourth-order valence-corrected chi connectivity index (χ4v) is 3.84. The molecular formula is C19H24N4O2. The molecule has 6 heteroatoms. The van der Waals surface area contributed by atoms with Gasteiger partial charge in [0.1, 0.15) is 17.4 Å². The molecule has 1 saturated heterocycles. The topological polar surface area (TPSA) is 60.2 Å². The van der Waals surface area contributed by atoms with Crippen LogP contribution in [0.15, 0.2) is 30.3 Å². The Morgan fingerprint density at radius 3 is 2.68 bits per heavy atom. The zero-order valence-corrected chi connectivity index (χ0v) is 14.6. The molecule has 1 aromatic carbocycles. The number of para-hydroxylation sites is 1. The van der Waals surface area contributed by atoms with Crippen molar-refractivity contribution in [3.05, 3.63) is 42.0 Å². The Bertz CT molecular complexity index is 735. The van der Waals surface area contributed by atoms with Crippen molar-refractivity contribution in [3.8, 4) is 5.75 Å². The van der Waals surface area contributed by atoms with Crippen LogP contribution in [0, 0.1) is 0 Å². The average Bonchev–Trinajstić information content (AvgIpc) is 3.26. The van der Waals surface area contributed by atoms with Gasteiger partial charge >= 0.3 is 0 Å². The summed E-state index contributed by atoms with van der Waals surface area (Å²) in [5, 5.41) is 8.72. The van der Waals surface area contributed by atoms with E-state index in [1.54, 1.807) is 0 Å². The smallest absolute Gasteiger partial charge is 0.263 e. The number of aryl methyl sites for hydroxylation is 1. The average molecular weight is 340 g/mol. The molecule has 0 N–H and O–H groups in total. The minimum Gasteiger partial charge on any atom is -0.481 e. The lowest BCUT2D eigenvalue weighted by atomic mass is 9.95. The molecule has 132 valence electrons. The number of nitrogens with zero attached hydrogens (tertiary/aromatic N) is 4. The largest absolute Gasteiger partial charge is 0.481 e. The number of carbonyl (C=O) groups is 1. The second-order valence-electron chi connectivity index (χ2n) is 6.90. The number of rotatable bonds is 4. The second kappa shape index (κ2) is 6.86. The van der Waals surface area contributed by atoms with Crippen molar-refractivity contribution in [2.45, 2.75) is 51.2 Å². The van der Waals surface area contributed by atoms with Crippen LogP contribution < -0.4 is 4.74 Å². The third kappa shape index (κ3) is 3.25. The number of piperidine rings is 1. The summed E-state index contributed by atoms with van der Waals surface area (Å²) in [5.41, 5.74) is 0. The van der Waals surface area contributed by atoms with Crippen molar-refractivity contribution < 1.29 is 9.53 Å². The van der Waals surface area contributed by atoms with Gasteiger partial charge in [0.2, 0.25) is 0 Å². The lowest BCUT2D eigenvalue weighted by Gasteiger charge is -2.33. The number of hydrogen-bond acceptors (Lipinski definition) is 4. The van der Waals surface area contributed by atoms with Crippen LogP contribution in [0.1, 0.15) is 43.8 Å². The molecule has 6 nitrogen and oxygen atoms in total. The minimum absolute atomic E-state index is 0.0637. The van der Waals surface area contributed by atoms with E-state index in [1.165, 1.54) is 6.42 Å². The lowest BCUT2D eigenvalue weighted by Crippen LogP contribution is -2.44. The number of fused-ring (bicyclic) bond motifs is 1. The first-order valence-corrected chi connectivity index (χ1v) is 9.15. The van der Waals surface area contributed by atoms with Gasteiger partial charge in [-0.05, 0) is 38.3 Å². The standard InChI is InChI=1S/C19H24N4O2/c1-14(25-16-6-3-2-4-7-16)19(24)22-12-9-15(10-13-22)18-21-20-17-8-5-11-23(17)18/h2-4,6-7,14-15H,5,8-13H2,1H3/t14-/m1/s1. The van der Waals surface area contributed by atoms with Crippen LogP contribution in [0.2, 0.25) is 0 Å². The molecule has 1 aromatic heterocycles. The summed E-state index contributed by atoms with van der Waals surface area (Å²) in [6, 6.07) is 9.51. The highest BCUT2D eigenvalue weighted by Crippen LogP contribution is 2.29. The van der Waals surface area contributed by atoms with Crippen molar-refractivity contribution in [2.75, 3.05) is 13.1 Å². The predicted molar refractivity (Wildman–Crippen MR) is 93.4 cm³/mol. The summed E-state index contributed by atoms with van der Waals surface area (Å²) in [5.74, 6) is 3.45. The van der Waals surface area contributed by atoms with E-state index in [0.717, 1.165) is 56.3 Å². The first-order valence-electron chi connectivity index (χ1n) is 9.15. The molecule has 0 unspecified atom stereocenters. The van der Waals surface area contributed by atoms with Crippen molar-refractivity contribution in [1.29, 1.82) is 0 Å². The highest BCUT2D eigenvalue weighted by atomic mass is 16.5. The summed E-state index contributed by atoms with van der Waals surface area (Å²) in [6.45, 7) is 4.38. The van der Waals surface area contributed by atoms with E-state index in [4.69, 9.17) is 4.74 Å². The number of aromatic nitrogens is 3. The SMILES string of the molecule is C[C@@H](Oc1ccccc1)C(=O)N1CCC(c2nnc3n2CCC3)CC1. The van der Waals surface area contributed by atoms with E-state index in [-0.39, 0.29) is 5.91 Å². The molecule has 0 radical (unpaired) electrons. The normalized spacial score (nSPS) is 18.8. The van der Waals surface area contributed by atoms with Gasteiger partial charge in [0.05, 0.1) is 0 Å². The summed E-state index contributed by atoms with van der Waals surface area (Å²) < 4.78 is 8.05. The molecule has 0 spiro atoms. The quantitative estimate of drug-likeness (QED) is 0.857. The fourth-order valence-electron chi connectivity index (χ4n) is 3.84. The monoisotopic (exact) mass is 340 g/mol. The molecule has 2 aliphatic rings. The Morgan fingerprint density at radius 1 is 1.16 bits per heavy atom. The highest BCUT2D eigenvalue weighted by Gasteiger charge is 2.31. The Hall–Kier alpha value is -2.37. The van der Waals surface area contributed by atoms with Gasteiger partial charge in [0.25, 0.3) is 5.91 Å². The summed E-state index contributed by atoms with van der Waals surface area (Å²) in [7, 11) is 0. The third-order valence-corrected chi connectivity index (χ3v) is 5.21. The van der Waals surface area contributed by atoms with Gasteiger partial charge in [-0.3, -0.25) is 4.79 Å². The molecule has 1 amide bonds. The van der Waals surface area contributed by atoms with Gasteiger partial charge in [0, 0.05) is 32.0 Å². The van der Waals surface area contributed by atoms with Crippen LogP contribution >= 0.6 is 0 Å². The second-order valence-corrected chi connectivity index (χ2v) is 6.90. The molecule has 2 aromatic rings.